The van der Waals surface area contributed by atoms with Crippen molar-refractivity contribution in [3.8, 4) is 0 Å². The standard InChI is InChI=1S/C22H29NO3/c1-5-23(6-2)15-16-26-21(24)22(25,19-13-9-7-11-17(19)3)20-14-10-8-12-18(20)4/h7-14,25H,5-6,15-16H2,1-4H3. The molecule has 2 aromatic carbocycles. The van der Waals surface area contributed by atoms with Gasteiger partial charge in [-0.15, -0.1) is 0 Å². The second-order valence-electron chi connectivity index (χ2n) is 6.50. The van der Waals surface area contributed by atoms with Gasteiger partial charge in [-0.25, -0.2) is 4.79 Å². The van der Waals surface area contributed by atoms with Crippen molar-refractivity contribution in [2.24, 2.45) is 0 Å². The highest BCUT2D eigenvalue weighted by atomic mass is 16.5. The summed E-state index contributed by atoms with van der Waals surface area (Å²) >= 11 is 0. The van der Waals surface area contributed by atoms with E-state index in [4.69, 9.17) is 4.74 Å². The van der Waals surface area contributed by atoms with Gasteiger partial charge in [0.05, 0.1) is 0 Å². The van der Waals surface area contributed by atoms with Crippen molar-refractivity contribution in [1.29, 1.82) is 0 Å². The van der Waals surface area contributed by atoms with Crippen LogP contribution in [0.5, 0.6) is 0 Å². The fourth-order valence-corrected chi connectivity index (χ4v) is 3.23. The van der Waals surface area contributed by atoms with Crippen LogP contribution in [0.2, 0.25) is 0 Å². The van der Waals surface area contributed by atoms with E-state index in [0.717, 1.165) is 24.2 Å². The van der Waals surface area contributed by atoms with Crippen LogP contribution in [0, 0.1) is 13.8 Å². The highest BCUT2D eigenvalue weighted by molar-refractivity contribution is 5.86. The molecule has 0 aromatic heterocycles. The number of rotatable bonds is 8. The lowest BCUT2D eigenvalue weighted by atomic mass is 9.82. The van der Waals surface area contributed by atoms with Crippen molar-refractivity contribution < 1.29 is 14.6 Å². The van der Waals surface area contributed by atoms with Gasteiger partial charge in [0.15, 0.2) is 0 Å². The molecule has 0 aliphatic heterocycles. The van der Waals surface area contributed by atoms with Crippen molar-refractivity contribution in [1.82, 2.24) is 4.90 Å². The highest BCUT2D eigenvalue weighted by Crippen LogP contribution is 2.35. The molecule has 0 spiro atoms. The molecular formula is C22H29NO3. The van der Waals surface area contributed by atoms with Crippen LogP contribution < -0.4 is 0 Å². The first-order chi connectivity index (χ1) is 12.4. The molecule has 0 saturated carbocycles. The number of carbonyl (C=O) groups is 1. The summed E-state index contributed by atoms with van der Waals surface area (Å²) in [4.78, 5) is 15.2. The van der Waals surface area contributed by atoms with Crippen LogP contribution in [0.3, 0.4) is 0 Å². The minimum absolute atomic E-state index is 0.251. The quantitative estimate of drug-likeness (QED) is 0.737. The van der Waals surface area contributed by atoms with E-state index >= 15 is 0 Å². The van der Waals surface area contributed by atoms with E-state index in [1.54, 1.807) is 12.1 Å². The molecule has 0 aliphatic rings. The lowest BCUT2D eigenvalue weighted by Crippen LogP contribution is -2.41. The number of hydrogen-bond donors (Lipinski definition) is 1. The molecular weight excluding hydrogens is 326 g/mol. The van der Waals surface area contributed by atoms with Crippen molar-refractivity contribution in [3.05, 3.63) is 70.8 Å². The second kappa shape index (κ2) is 8.97. The molecule has 0 radical (unpaired) electrons. The summed E-state index contributed by atoms with van der Waals surface area (Å²) in [7, 11) is 0. The zero-order valence-corrected chi connectivity index (χ0v) is 16.2. The number of benzene rings is 2. The first-order valence-corrected chi connectivity index (χ1v) is 9.19. The summed E-state index contributed by atoms with van der Waals surface area (Å²) in [5.41, 5.74) is 0.988. The van der Waals surface area contributed by atoms with E-state index in [1.807, 2.05) is 50.2 Å². The van der Waals surface area contributed by atoms with Crippen LogP contribution in [0.25, 0.3) is 0 Å². The van der Waals surface area contributed by atoms with E-state index in [9.17, 15) is 9.90 Å². The Morgan fingerprint density at radius 3 is 1.85 bits per heavy atom. The molecule has 0 atom stereocenters. The molecule has 2 rings (SSSR count). The molecule has 0 fully saturated rings. The van der Waals surface area contributed by atoms with Gasteiger partial charge in [0.2, 0.25) is 5.60 Å². The largest absolute Gasteiger partial charge is 0.462 e. The monoisotopic (exact) mass is 355 g/mol. The minimum atomic E-state index is -1.82. The number of esters is 1. The SMILES string of the molecule is CCN(CC)CCOC(=O)C(O)(c1ccccc1C)c1ccccc1C. The topological polar surface area (TPSA) is 49.8 Å². The van der Waals surface area contributed by atoms with Crippen LogP contribution in [0.15, 0.2) is 48.5 Å². The van der Waals surface area contributed by atoms with Crippen molar-refractivity contribution in [2.75, 3.05) is 26.2 Å². The van der Waals surface area contributed by atoms with Gasteiger partial charge in [-0.3, -0.25) is 0 Å². The number of aryl methyl sites for hydroxylation is 2. The van der Waals surface area contributed by atoms with Crippen LogP contribution >= 0.6 is 0 Å². The first-order valence-electron chi connectivity index (χ1n) is 9.19. The summed E-state index contributed by atoms with van der Waals surface area (Å²) in [6.45, 7) is 10.6. The third-order valence-corrected chi connectivity index (χ3v) is 4.90. The fourth-order valence-electron chi connectivity index (χ4n) is 3.23. The summed E-state index contributed by atoms with van der Waals surface area (Å²) < 4.78 is 5.53. The number of carbonyl (C=O) groups excluding carboxylic acids is 1. The van der Waals surface area contributed by atoms with Gasteiger partial charge in [-0.2, -0.15) is 0 Å². The van der Waals surface area contributed by atoms with Gasteiger partial charge in [-0.05, 0) is 38.1 Å². The summed E-state index contributed by atoms with van der Waals surface area (Å²) in [6.07, 6.45) is 0. The molecule has 0 heterocycles. The maximum absolute atomic E-state index is 13.0. The number of hydrogen-bond acceptors (Lipinski definition) is 4. The van der Waals surface area contributed by atoms with E-state index in [1.165, 1.54) is 0 Å². The maximum Gasteiger partial charge on any atom is 0.347 e. The highest BCUT2D eigenvalue weighted by Gasteiger charge is 2.43. The molecule has 4 nitrogen and oxygen atoms in total. The Morgan fingerprint density at radius 1 is 0.962 bits per heavy atom. The number of ether oxygens (including phenoxy) is 1. The zero-order valence-electron chi connectivity index (χ0n) is 16.2. The lowest BCUT2D eigenvalue weighted by molar-refractivity contribution is -0.162. The average molecular weight is 355 g/mol. The van der Waals surface area contributed by atoms with Crippen LogP contribution in [-0.4, -0.2) is 42.2 Å². The summed E-state index contributed by atoms with van der Waals surface area (Å²) in [5.74, 6) is -0.631. The number of nitrogens with zero attached hydrogens (tertiary/aromatic N) is 1. The third-order valence-electron chi connectivity index (χ3n) is 4.90. The summed E-state index contributed by atoms with van der Waals surface area (Å²) in [6, 6.07) is 14.8. The van der Waals surface area contributed by atoms with Crippen LogP contribution in [0.4, 0.5) is 0 Å². The van der Waals surface area contributed by atoms with Gasteiger partial charge < -0.3 is 14.7 Å². The van der Waals surface area contributed by atoms with Gasteiger partial charge in [0.1, 0.15) is 6.61 Å². The molecule has 0 amide bonds. The van der Waals surface area contributed by atoms with Crippen LogP contribution in [-0.2, 0) is 15.1 Å². The Balaban J connectivity index is 2.37. The number of aliphatic hydroxyl groups is 1. The zero-order chi connectivity index (χ0) is 19.2. The Morgan fingerprint density at radius 2 is 1.42 bits per heavy atom. The maximum atomic E-state index is 13.0. The van der Waals surface area contributed by atoms with Gasteiger partial charge in [-0.1, -0.05) is 62.4 Å². The van der Waals surface area contributed by atoms with Crippen molar-refractivity contribution in [3.63, 3.8) is 0 Å². The van der Waals surface area contributed by atoms with Gasteiger partial charge >= 0.3 is 5.97 Å². The Hall–Kier alpha value is -2.17. The molecule has 140 valence electrons. The molecule has 1 N–H and O–H groups in total. The molecule has 0 aliphatic carbocycles. The molecule has 26 heavy (non-hydrogen) atoms. The van der Waals surface area contributed by atoms with Crippen LogP contribution in [0.1, 0.15) is 36.1 Å². The van der Waals surface area contributed by atoms with E-state index < -0.39 is 11.6 Å². The first kappa shape index (κ1) is 20.1. The average Bonchev–Trinajstić information content (AvgIpc) is 2.65. The summed E-state index contributed by atoms with van der Waals surface area (Å²) in [5, 5.41) is 11.6. The predicted molar refractivity (Wildman–Crippen MR) is 104 cm³/mol. The Kier molecular flexibility index (Phi) is 6.95. The van der Waals surface area contributed by atoms with Gasteiger partial charge in [0, 0.05) is 17.7 Å². The smallest absolute Gasteiger partial charge is 0.347 e. The van der Waals surface area contributed by atoms with Crippen molar-refractivity contribution in [2.45, 2.75) is 33.3 Å². The van der Waals surface area contributed by atoms with E-state index in [2.05, 4.69) is 18.7 Å². The molecule has 0 saturated heterocycles. The minimum Gasteiger partial charge on any atom is -0.462 e. The predicted octanol–water partition coefficient (Wildman–Crippen LogP) is 3.42. The fraction of sp³-hybridized carbons (Fsp3) is 0.409. The van der Waals surface area contributed by atoms with Crippen molar-refractivity contribution >= 4 is 5.97 Å². The Labute approximate surface area is 156 Å². The lowest BCUT2D eigenvalue weighted by Gasteiger charge is -2.30. The second-order valence-corrected chi connectivity index (χ2v) is 6.50. The van der Waals surface area contributed by atoms with Gasteiger partial charge in [0.25, 0.3) is 0 Å². The van der Waals surface area contributed by atoms with E-state index in [0.29, 0.717) is 17.7 Å². The van der Waals surface area contributed by atoms with E-state index in [-0.39, 0.29) is 6.61 Å². The molecule has 0 bridgehead atoms. The number of likely N-dealkylation sites (N-methyl/N-ethyl adjacent to an activating group) is 1. The molecule has 0 unspecified atom stereocenters. The molecule has 4 heteroatoms. The molecule has 2 aromatic rings. The Bertz CT molecular complexity index is 692. The normalized spacial score (nSPS) is 11.6. The third kappa shape index (κ3) is 4.14.